The quantitative estimate of drug-likeness (QED) is 0.924. The first kappa shape index (κ1) is 13.7. The molecule has 4 heteroatoms. The Bertz CT molecular complexity index is 505. The number of hydrogen-bond acceptors (Lipinski definition) is 2. The Morgan fingerprint density at radius 1 is 1.40 bits per heavy atom. The minimum Gasteiger partial charge on any atom is -0.481 e. The van der Waals surface area contributed by atoms with E-state index in [1.165, 1.54) is 19.3 Å². The summed E-state index contributed by atoms with van der Waals surface area (Å²) in [6.45, 7) is 1.78. The number of carbonyl (C=O) groups excluding carboxylic acids is 1. The molecule has 3 rings (SSSR count). The molecule has 2 fully saturated rings. The Balaban J connectivity index is 1.54. The van der Waals surface area contributed by atoms with E-state index in [9.17, 15) is 4.79 Å². The Morgan fingerprint density at radius 2 is 2.25 bits per heavy atom. The van der Waals surface area contributed by atoms with E-state index in [0.29, 0.717) is 22.7 Å². The SMILES string of the molecule is C[C@H](Oc1cccc(Cl)c1)C(=O)N[C@@H]1C[C@H]2CC[C@H]1C2. The molecule has 0 spiro atoms. The monoisotopic (exact) mass is 293 g/mol. The Kier molecular flexibility index (Phi) is 3.88. The van der Waals surface area contributed by atoms with Gasteiger partial charge in [0.2, 0.25) is 0 Å². The summed E-state index contributed by atoms with van der Waals surface area (Å²) in [4.78, 5) is 12.2. The summed E-state index contributed by atoms with van der Waals surface area (Å²) >= 11 is 5.91. The van der Waals surface area contributed by atoms with Gasteiger partial charge in [-0.05, 0) is 56.2 Å². The smallest absolute Gasteiger partial charge is 0.261 e. The highest BCUT2D eigenvalue weighted by molar-refractivity contribution is 6.30. The van der Waals surface area contributed by atoms with E-state index in [-0.39, 0.29) is 5.91 Å². The molecular formula is C16H20ClNO2. The van der Waals surface area contributed by atoms with E-state index in [2.05, 4.69) is 5.32 Å². The number of amides is 1. The van der Waals surface area contributed by atoms with Crippen LogP contribution in [0.3, 0.4) is 0 Å². The van der Waals surface area contributed by atoms with Crippen LogP contribution in [-0.4, -0.2) is 18.1 Å². The number of benzene rings is 1. The molecule has 0 aliphatic heterocycles. The fourth-order valence-electron chi connectivity index (χ4n) is 3.52. The van der Waals surface area contributed by atoms with Gasteiger partial charge in [-0.1, -0.05) is 24.1 Å². The highest BCUT2D eigenvalue weighted by Gasteiger charge is 2.40. The van der Waals surface area contributed by atoms with E-state index in [1.54, 1.807) is 19.1 Å². The number of ether oxygens (including phenoxy) is 1. The molecule has 2 saturated carbocycles. The van der Waals surface area contributed by atoms with Gasteiger partial charge in [-0.25, -0.2) is 0 Å². The Hall–Kier alpha value is -1.22. The first-order chi connectivity index (χ1) is 9.61. The first-order valence-electron chi connectivity index (χ1n) is 7.34. The molecule has 0 radical (unpaired) electrons. The van der Waals surface area contributed by atoms with Crippen molar-refractivity contribution in [3.63, 3.8) is 0 Å². The van der Waals surface area contributed by atoms with Gasteiger partial charge in [-0.3, -0.25) is 4.79 Å². The van der Waals surface area contributed by atoms with E-state index >= 15 is 0 Å². The summed E-state index contributed by atoms with van der Waals surface area (Å²) in [6.07, 6.45) is 4.53. The Labute approximate surface area is 124 Å². The van der Waals surface area contributed by atoms with Crippen LogP contribution in [0.2, 0.25) is 5.02 Å². The summed E-state index contributed by atoms with van der Waals surface area (Å²) in [7, 11) is 0. The lowest BCUT2D eigenvalue weighted by Gasteiger charge is -2.24. The van der Waals surface area contributed by atoms with Crippen LogP contribution < -0.4 is 10.1 Å². The number of nitrogens with one attached hydrogen (secondary N) is 1. The van der Waals surface area contributed by atoms with Crippen molar-refractivity contribution in [1.29, 1.82) is 0 Å². The summed E-state index contributed by atoms with van der Waals surface area (Å²) in [5.41, 5.74) is 0. The fourth-order valence-corrected chi connectivity index (χ4v) is 3.70. The van der Waals surface area contributed by atoms with Crippen molar-refractivity contribution in [2.75, 3.05) is 0 Å². The van der Waals surface area contributed by atoms with Gasteiger partial charge >= 0.3 is 0 Å². The lowest BCUT2D eigenvalue weighted by Crippen LogP contribution is -2.44. The molecular weight excluding hydrogens is 274 g/mol. The fraction of sp³-hybridized carbons (Fsp3) is 0.562. The van der Waals surface area contributed by atoms with Gasteiger partial charge in [0.25, 0.3) is 5.91 Å². The molecule has 1 aromatic carbocycles. The highest BCUT2D eigenvalue weighted by atomic mass is 35.5. The van der Waals surface area contributed by atoms with Crippen LogP contribution >= 0.6 is 11.6 Å². The topological polar surface area (TPSA) is 38.3 Å². The maximum absolute atomic E-state index is 12.2. The normalized spacial score (nSPS) is 29.2. The van der Waals surface area contributed by atoms with Crippen molar-refractivity contribution in [2.45, 2.75) is 44.8 Å². The van der Waals surface area contributed by atoms with Gasteiger partial charge in [0, 0.05) is 11.1 Å². The standard InChI is InChI=1S/C16H20ClNO2/c1-10(20-14-4-2-3-13(17)9-14)16(19)18-15-8-11-5-6-12(15)7-11/h2-4,9-12,15H,5-8H2,1H3,(H,18,19)/t10-,11-,12-,15+/m0/s1. The van der Waals surface area contributed by atoms with Crippen LogP contribution in [0.5, 0.6) is 5.75 Å². The summed E-state index contributed by atoms with van der Waals surface area (Å²) in [5, 5.41) is 3.76. The molecule has 108 valence electrons. The molecule has 0 saturated heterocycles. The van der Waals surface area contributed by atoms with Crippen LogP contribution in [0.25, 0.3) is 0 Å². The molecule has 0 heterocycles. The summed E-state index contributed by atoms with van der Waals surface area (Å²) in [6, 6.07) is 7.49. The van der Waals surface area contributed by atoms with Crippen molar-refractivity contribution in [1.82, 2.24) is 5.32 Å². The maximum Gasteiger partial charge on any atom is 0.261 e. The lowest BCUT2D eigenvalue weighted by molar-refractivity contribution is -0.128. The highest BCUT2D eigenvalue weighted by Crippen LogP contribution is 2.44. The lowest BCUT2D eigenvalue weighted by atomic mass is 9.95. The second-order valence-electron chi connectivity index (χ2n) is 6.01. The molecule has 0 unspecified atom stereocenters. The number of carbonyl (C=O) groups is 1. The molecule has 4 atom stereocenters. The zero-order valence-corrected chi connectivity index (χ0v) is 12.4. The van der Waals surface area contributed by atoms with E-state index < -0.39 is 6.10 Å². The van der Waals surface area contributed by atoms with Crippen LogP contribution in [-0.2, 0) is 4.79 Å². The van der Waals surface area contributed by atoms with Gasteiger partial charge in [-0.2, -0.15) is 0 Å². The van der Waals surface area contributed by atoms with E-state index in [0.717, 1.165) is 12.3 Å². The van der Waals surface area contributed by atoms with Crippen molar-refractivity contribution < 1.29 is 9.53 Å². The average Bonchev–Trinajstić information content (AvgIpc) is 3.01. The molecule has 1 amide bonds. The molecule has 2 aliphatic carbocycles. The third kappa shape index (κ3) is 2.93. The second-order valence-corrected chi connectivity index (χ2v) is 6.44. The number of halogens is 1. The second kappa shape index (κ2) is 5.65. The predicted octanol–water partition coefficient (Wildman–Crippen LogP) is 3.41. The third-order valence-corrected chi connectivity index (χ3v) is 4.78. The minimum absolute atomic E-state index is 0.0254. The minimum atomic E-state index is -0.493. The van der Waals surface area contributed by atoms with Gasteiger partial charge in [0.15, 0.2) is 6.10 Å². The molecule has 3 nitrogen and oxygen atoms in total. The molecule has 2 aliphatic rings. The van der Waals surface area contributed by atoms with E-state index in [1.807, 2.05) is 12.1 Å². The van der Waals surface area contributed by atoms with Crippen LogP contribution in [0.15, 0.2) is 24.3 Å². The van der Waals surface area contributed by atoms with Gasteiger partial charge in [-0.15, -0.1) is 0 Å². The predicted molar refractivity (Wildman–Crippen MR) is 78.9 cm³/mol. The number of fused-ring (bicyclic) bond motifs is 2. The third-order valence-electron chi connectivity index (χ3n) is 4.54. The molecule has 1 N–H and O–H groups in total. The zero-order valence-electron chi connectivity index (χ0n) is 11.6. The Morgan fingerprint density at radius 3 is 2.90 bits per heavy atom. The first-order valence-corrected chi connectivity index (χ1v) is 7.72. The molecule has 0 aromatic heterocycles. The van der Waals surface area contributed by atoms with Crippen molar-refractivity contribution in [3.8, 4) is 5.75 Å². The molecule has 1 aromatic rings. The van der Waals surface area contributed by atoms with Crippen molar-refractivity contribution in [2.24, 2.45) is 11.8 Å². The summed E-state index contributed by atoms with van der Waals surface area (Å²) < 4.78 is 5.65. The van der Waals surface area contributed by atoms with Crippen molar-refractivity contribution in [3.05, 3.63) is 29.3 Å². The maximum atomic E-state index is 12.2. The zero-order chi connectivity index (χ0) is 14.1. The molecule has 2 bridgehead atoms. The van der Waals surface area contributed by atoms with Gasteiger partial charge in [0.1, 0.15) is 5.75 Å². The van der Waals surface area contributed by atoms with Crippen LogP contribution in [0, 0.1) is 11.8 Å². The van der Waals surface area contributed by atoms with Crippen LogP contribution in [0.1, 0.15) is 32.6 Å². The number of rotatable bonds is 4. The van der Waals surface area contributed by atoms with E-state index in [4.69, 9.17) is 16.3 Å². The average molecular weight is 294 g/mol. The van der Waals surface area contributed by atoms with Crippen molar-refractivity contribution >= 4 is 17.5 Å². The number of hydrogen-bond donors (Lipinski definition) is 1. The largest absolute Gasteiger partial charge is 0.481 e. The van der Waals surface area contributed by atoms with Gasteiger partial charge < -0.3 is 10.1 Å². The summed E-state index contributed by atoms with van der Waals surface area (Å²) in [5.74, 6) is 2.12. The van der Waals surface area contributed by atoms with Gasteiger partial charge in [0.05, 0.1) is 0 Å². The van der Waals surface area contributed by atoms with Crippen LogP contribution in [0.4, 0.5) is 0 Å². The molecule has 20 heavy (non-hydrogen) atoms.